The molecule has 76 valence electrons. The molecular weight excluding hydrogens is 194 g/mol. The van der Waals surface area contributed by atoms with Crippen LogP contribution in [0.3, 0.4) is 0 Å². The van der Waals surface area contributed by atoms with Gasteiger partial charge in [0.1, 0.15) is 0 Å². The third kappa shape index (κ3) is 5.98. The average Bonchev–Trinajstić information content (AvgIpc) is 1.83. The van der Waals surface area contributed by atoms with E-state index in [1.54, 1.807) is 0 Å². The first-order valence-electron chi connectivity index (χ1n) is 2.19. The van der Waals surface area contributed by atoms with E-state index in [9.17, 15) is 30.3 Å². The van der Waals surface area contributed by atoms with E-state index in [0.29, 0.717) is 0 Å². The summed E-state index contributed by atoms with van der Waals surface area (Å²) >= 11 is 0. The molecule has 0 aliphatic heterocycles. The highest BCUT2D eigenvalue weighted by Crippen LogP contribution is 1.75. The SMILES string of the molecule is N.O=[N+]([O-])NN(N[N+](=O)[O-])[N+](=O)[O-]. The lowest BCUT2D eigenvalue weighted by atomic mass is 12.0. The van der Waals surface area contributed by atoms with Gasteiger partial charge in [0.2, 0.25) is 5.03 Å². The number of rotatable bonds is 5. The fourth-order valence-electron chi connectivity index (χ4n) is 0.250. The van der Waals surface area contributed by atoms with Gasteiger partial charge < -0.3 is 6.15 Å². The molecule has 0 spiro atoms. The van der Waals surface area contributed by atoms with Crippen LogP contribution >= 0.6 is 0 Å². The van der Waals surface area contributed by atoms with E-state index >= 15 is 0 Å². The summed E-state index contributed by atoms with van der Waals surface area (Å²) in [5.41, 5.74) is 1.83. The van der Waals surface area contributed by atoms with Crippen molar-refractivity contribution in [2.24, 2.45) is 0 Å². The number of hydrogen-bond acceptors (Lipinski definition) is 7. The third-order valence-electron chi connectivity index (χ3n) is 0.516. The van der Waals surface area contributed by atoms with E-state index in [2.05, 4.69) is 0 Å². The largest absolute Gasteiger partial charge is 0.344 e. The van der Waals surface area contributed by atoms with E-state index in [1.165, 1.54) is 0 Å². The smallest absolute Gasteiger partial charge is 0.212 e. The van der Waals surface area contributed by atoms with Gasteiger partial charge in [-0.3, -0.25) is 0 Å². The first kappa shape index (κ1) is 13.2. The van der Waals surface area contributed by atoms with Gasteiger partial charge in [-0.1, -0.05) is 0 Å². The van der Waals surface area contributed by atoms with Gasteiger partial charge >= 0.3 is 0 Å². The molecule has 0 amide bonds. The first-order chi connectivity index (χ1) is 5.43. The van der Waals surface area contributed by atoms with Crippen molar-refractivity contribution in [1.29, 1.82) is 0 Å². The highest BCUT2D eigenvalue weighted by atomic mass is 16.8. The predicted octanol–water partition coefficient (Wildman–Crippen LogP) is -1.97. The topological polar surface area (TPSA) is 192 Å². The molecule has 0 aromatic heterocycles. The van der Waals surface area contributed by atoms with Crippen LogP contribution in [0.5, 0.6) is 0 Å². The molecule has 0 saturated heterocycles. The molecule has 13 heteroatoms. The zero-order valence-corrected chi connectivity index (χ0v) is 5.95. The minimum atomic E-state index is -1.41. The summed E-state index contributed by atoms with van der Waals surface area (Å²) in [6.45, 7) is 0. The molecule has 0 radical (unpaired) electrons. The van der Waals surface area contributed by atoms with Crippen molar-refractivity contribution < 1.29 is 15.1 Å². The molecular formula is H5N7O6. The lowest BCUT2D eigenvalue weighted by Gasteiger charge is -2.02. The number of hydrogen-bond donors (Lipinski definition) is 3. The first-order valence-corrected chi connectivity index (χ1v) is 2.19. The van der Waals surface area contributed by atoms with Gasteiger partial charge in [-0.15, -0.1) is 0 Å². The molecule has 0 saturated carbocycles. The van der Waals surface area contributed by atoms with Gasteiger partial charge in [-0.2, -0.15) is 0 Å². The molecule has 0 aliphatic rings. The van der Waals surface area contributed by atoms with Crippen LogP contribution in [0.4, 0.5) is 0 Å². The molecule has 13 nitrogen and oxygen atoms in total. The Bertz CT molecular complexity index is 193. The summed E-state index contributed by atoms with van der Waals surface area (Å²) in [6.07, 6.45) is 0. The molecule has 13 heavy (non-hydrogen) atoms. The second kappa shape index (κ2) is 5.24. The lowest BCUT2D eigenvalue weighted by molar-refractivity contribution is -0.814. The van der Waals surface area contributed by atoms with Crippen molar-refractivity contribution in [2.45, 2.75) is 0 Å². The maximum Gasteiger partial charge on any atom is 0.212 e. The van der Waals surface area contributed by atoms with Crippen molar-refractivity contribution in [3.63, 3.8) is 0 Å². The second-order valence-electron chi connectivity index (χ2n) is 1.26. The van der Waals surface area contributed by atoms with Crippen LogP contribution in [0, 0.1) is 30.3 Å². The zero-order valence-electron chi connectivity index (χ0n) is 5.95. The summed E-state index contributed by atoms with van der Waals surface area (Å²) in [7, 11) is 0. The van der Waals surface area contributed by atoms with Crippen LogP contribution in [0.15, 0.2) is 0 Å². The third-order valence-corrected chi connectivity index (χ3v) is 0.516. The lowest BCUT2D eigenvalue weighted by Crippen LogP contribution is -2.55. The number of hydrazine groups is 5. The molecule has 0 fully saturated rings. The quantitative estimate of drug-likeness (QED) is 0.330. The van der Waals surface area contributed by atoms with Crippen LogP contribution < -0.4 is 17.2 Å². The molecule has 0 heterocycles. The van der Waals surface area contributed by atoms with Crippen LogP contribution in [0.25, 0.3) is 0 Å². The Kier molecular flexibility index (Phi) is 5.31. The second-order valence-corrected chi connectivity index (χ2v) is 1.26. The Morgan fingerprint density at radius 3 is 1.38 bits per heavy atom. The molecule has 0 rings (SSSR count). The van der Waals surface area contributed by atoms with Crippen LogP contribution in [0.2, 0.25) is 0 Å². The van der Waals surface area contributed by atoms with Crippen molar-refractivity contribution >= 4 is 0 Å². The number of nitrogens with one attached hydrogen (secondary N) is 2. The van der Waals surface area contributed by atoms with Gasteiger partial charge in [-0.05, 0) is 0 Å². The predicted molar refractivity (Wildman–Crippen MR) is 34.1 cm³/mol. The Morgan fingerprint density at radius 2 is 1.23 bits per heavy atom. The van der Waals surface area contributed by atoms with Crippen molar-refractivity contribution in [2.75, 3.05) is 0 Å². The van der Waals surface area contributed by atoms with Crippen LogP contribution in [-0.2, 0) is 0 Å². The van der Waals surface area contributed by atoms with Crippen LogP contribution in [-0.4, -0.2) is 20.3 Å². The van der Waals surface area contributed by atoms with Crippen molar-refractivity contribution in [3.05, 3.63) is 30.3 Å². The average molecular weight is 199 g/mol. The monoisotopic (exact) mass is 199 g/mol. The van der Waals surface area contributed by atoms with Gasteiger partial charge in [0.05, 0.1) is 0 Å². The van der Waals surface area contributed by atoms with E-state index in [-0.39, 0.29) is 6.15 Å². The zero-order chi connectivity index (χ0) is 9.72. The Labute approximate surface area is 69.2 Å². The minimum Gasteiger partial charge on any atom is -0.344 e. The highest BCUT2D eigenvalue weighted by molar-refractivity contribution is 4.06. The number of nitrogens with zero attached hydrogens (tertiary/aromatic N) is 4. The van der Waals surface area contributed by atoms with E-state index in [4.69, 9.17) is 0 Å². The summed E-state index contributed by atoms with van der Waals surface area (Å²) in [5.74, 6) is 0. The highest BCUT2D eigenvalue weighted by Gasteiger charge is 2.24. The Balaban J connectivity index is 0. The maximum absolute atomic E-state index is 9.77. The summed E-state index contributed by atoms with van der Waals surface area (Å²) < 4.78 is 0. The summed E-state index contributed by atoms with van der Waals surface area (Å²) in [5, 5.41) is 24.2. The van der Waals surface area contributed by atoms with Gasteiger partial charge in [0.15, 0.2) is 15.3 Å². The molecule has 0 aliphatic carbocycles. The fourth-order valence-corrected chi connectivity index (χ4v) is 0.250. The van der Waals surface area contributed by atoms with E-state index < -0.39 is 20.3 Å². The van der Waals surface area contributed by atoms with E-state index in [0.717, 1.165) is 11.1 Å². The summed E-state index contributed by atoms with van der Waals surface area (Å²) in [4.78, 5) is 28.9. The standard InChI is InChI=1S/H2N6O6.H3N/c7-4(8)1-3(6(11)12)2-5(9)10;/h1-2H;1H3. The van der Waals surface area contributed by atoms with Gasteiger partial charge in [0.25, 0.3) is 0 Å². The molecule has 0 aromatic rings. The van der Waals surface area contributed by atoms with Gasteiger partial charge in [0, 0.05) is 11.1 Å². The van der Waals surface area contributed by atoms with E-state index in [1.807, 2.05) is 0 Å². The van der Waals surface area contributed by atoms with Crippen LogP contribution in [0.1, 0.15) is 0 Å². The molecule has 0 aromatic carbocycles. The summed E-state index contributed by atoms with van der Waals surface area (Å²) in [6, 6.07) is 0. The fraction of sp³-hybridized carbons (Fsp3) is 0. The molecule has 0 bridgehead atoms. The Hall–Kier alpha value is -2.44. The minimum absolute atomic E-state index is 0. The normalized spacial score (nSPS) is 7.69. The molecule has 5 N–H and O–H groups in total. The maximum atomic E-state index is 9.77. The van der Waals surface area contributed by atoms with Gasteiger partial charge in [-0.25, -0.2) is 30.3 Å². The van der Waals surface area contributed by atoms with Crippen molar-refractivity contribution in [1.82, 2.24) is 22.4 Å². The molecule has 0 atom stereocenters. The Morgan fingerprint density at radius 1 is 0.923 bits per heavy atom. The number of nitro groups is 3. The van der Waals surface area contributed by atoms with Crippen molar-refractivity contribution in [3.8, 4) is 0 Å². The molecule has 0 unspecified atom stereocenters.